The summed E-state index contributed by atoms with van der Waals surface area (Å²) in [6.45, 7) is 0. The summed E-state index contributed by atoms with van der Waals surface area (Å²) in [5.41, 5.74) is 6.43. The molecule has 0 saturated heterocycles. The average molecular weight is 396 g/mol. The SMILES string of the molecule is Cn1c2ccccc2c2cc(-n3c4ccc(C#N)cc4c4cccc(C#N)c43)ccc21. The zero-order valence-electron chi connectivity index (χ0n) is 16.8. The molecule has 0 aliphatic rings. The van der Waals surface area contributed by atoms with Crippen LogP contribution in [0.1, 0.15) is 11.1 Å². The molecule has 0 saturated carbocycles. The molecule has 2 aromatic heterocycles. The number of para-hydroxylation sites is 2. The van der Waals surface area contributed by atoms with Crippen molar-refractivity contribution in [2.24, 2.45) is 7.05 Å². The average Bonchev–Trinajstić information content (AvgIpc) is 3.31. The first-order chi connectivity index (χ1) is 15.2. The van der Waals surface area contributed by atoms with Gasteiger partial charge < -0.3 is 9.13 Å². The summed E-state index contributed by atoms with van der Waals surface area (Å²) in [5, 5.41) is 23.6. The summed E-state index contributed by atoms with van der Waals surface area (Å²) in [6.07, 6.45) is 0. The third-order valence-corrected chi connectivity index (χ3v) is 6.19. The molecule has 0 fully saturated rings. The van der Waals surface area contributed by atoms with Gasteiger partial charge in [0.15, 0.2) is 0 Å². The lowest BCUT2D eigenvalue weighted by atomic mass is 10.1. The number of rotatable bonds is 1. The molecular formula is C27H16N4. The van der Waals surface area contributed by atoms with Crippen LogP contribution in [-0.2, 0) is 7.05 Å². The van der Waals surface area contributed by atoms with E-state index in [0.29, 0.717) is 11.1 Å². The van der Waals surface area contributed by atoms with Crippen LogP contribution in [0.15, 0.2) is 78.9 Å². The minimum absolute atomic E-state index is 0.610. The number of hydrogen-bond donors (Lipinski definition) is 0. The molecule has 6 rings (SSSR count). The Morgan fingerprint density at radius 1 is 0.645 bits per heavy atom. The van der Waals surface area contributed by atoms with Crippen LogP contribution < -0.4 is 0 Å². The molecule has 0 spiro atoms. The Morgan fingerprint density at radius 3 is 2.23 bits per heavy atom. The van der Waals surface area contributed by atoms with Gasteiger partial charge in [0.2, 0.25) is 0 Å². The van der Waals surface area contributed by atoms with Crippen molar-refractivity contribution in [3.63, 3.8) is 0 Å². The summed E-state index contributed by atoms with van der Waals surface area (Å²) < 4.78 is 4.35. The molecule has 144 valence electrons. The molecule has 6 aromatic rings. The van der Waals surface area contributed by atoms with Crippen molar-refractivity contribution in [1.29, 1.82) is 10.5 Å². The first kappa shape index (κ1) is 17.3. The molecule has 4 aromatic carbocycles. The molecule has 4 nitrogen and oxygen atoms in total. The van der Waals surface area contributed by atoms with Gasteiger partial charge in [-0.05, 0) is 48.5 Å². The van der Waals surface area contributed by atoms with E-state index in [2.05, 4.69) is 70.8 Å². The summed E-state index contributed by atoms with van der Waals surface area (Å²) in [4.78, 5) is 0. The highest BCUT2D eigenvalue weighted by atomic mass is 15.0. The van der Waals surface area contributed by atoms with E-state index >= 15 is 0 Å². The van der Waals surface area contributed by atoms with Crippen molar-refractivity contribution in [2.75, 3.05) is 0 Å². The van der Waals surface area contributed by atoms with Crippen LogP contribution in [0.5, 0.6) is 0 Å². The summed E-state index contributed by atoms with van der Waals surface area (Å²) in [7, 11) is 2.09. The van der Waals surface area contributed by atoms with Gasteiger partial charge in [-0.25, -0.2) is 0 Å². The molecular weight excluding hydrogens is 380 g/mol. The molecule has 4 heteroatoms. The normalized spacial score (nSPS) is 11.3. The number of nitrogens with zero attached hydrogens (tertiary/aromatic N) is 4. The van der Waals surface area contributed by atoms with Crippen LogP contribution in [0.3, 0.4) is 0 Å². The lowest BCUT2D eigenvalue weighted by molar-refractivity contribution is 1.01. The Hall–Kier alpha value is -4.54. The number of aromatic nitrogens is 2. The molecule has 0 N–H and O–H groups in total. The fourth-order valence-corrected chi connectivity index (χ4v) is 4.79. The Bertz CT molecular complexity index is 1770. The molecule has 0 amide bonds. The van der Waals surface area contributed by atoms with E-state index in [1.54, 1.807) is 0 Å². The van der Waals surface area contributed by atoms with Crippen LogP contribution in [-0.4, -0.2) is 9.13 Å². The summed E-state index contributed by atoms with van der Waals surface area (Å²) in [5.74, 6) is 0. The van der Waals surface area contributed by atoms with E-state index in [1.807, 2.05) is 36.4 Å². The van der Waals surface area contributed by atoms with Crippen molar-refractivity contribution in [3.8, 4) is 17.8 Å². The van der Waals surface area contributed by atoms with E-state index in [-0.39, 0.29) is 0 Å². The standard InChI is InChI=1S/C27H16N4/c1-30-24-8-3-2-6-20(24)23-14-19(10-12-25(23)30)31-26-11-9-17(15-28)13-22(26)21-7-4-5-18(16-29)27(21)31/h2-14H,1H3. The van der Waals surface area contributed by atoms with Gasteiger partial charge in [0.25, 0.3) is 0 Å². The fraction of sp³-hybridized carbons (Fsp3) is 0.0370. The highest BCUT2D eigenvalue weighted by Gasteiger charge is 2.17. The molecule has 0 aliphatic carbocycles. The first-order valence-corrected chi connectivity index (χ1v) is 10.1. The van der Waals surface area contributed by atoms with Crippen LogP contribution in [0.2, 0.25) is 0 Å². The number of fused-ring (bicyclic) bond motifs is 6. The van der Waals surface area contributed by atoms with E-state index in [9.17, 15) is 10.5 Å². The minimum Gasteiger partial charge on any atom is -0.344 e. The van der Waals surface area contributed by atoms with Gasteiger partial charge in [0.05, 0.1) is 28.2 Å². The largest absolute Gasteiger partial charge is 0.344 e. The zero-order chi connectivity index (χ0) is 21.1. The van der Waals surface area contributed by atoms with Gasteiger partial charge in [-0.2, -0.15) is 10.5 Å². The Morgan fingerprint density at radius 2 is 1.39 bits per heavy atom. The second kappa shape index (κ2) is 6.23. The number of benzene rings is 4. The van der Waals surface area contributed by atoms with E-state index in [1.165, 1.54) is 16.3 Å². The molecule has 0 unspecified atom stereocenters. The molecule has 0 bridgehead atoms. The maximum Gasteiger partial charge on any atom is 0.101 e. The van der Waals surface area contributed by atoms with Crippen LogP contribution in [0, 0.1) is 22.7 Å². The van der Waals surface area contributed by atoms with Gasteiger partial charge in [0, 0.05) is 45.3 Å². The maximum absolute atomic E-state index is 9.83. The molecule has 0 aliphatic heterocycles. The zero-order valence-corrected chi connectivity index (χ0v) is 16.8. The van der Waals surface area contributed by atoms with Gasteiger partial charge >= 0.3 is 0 Å². The Kier molecular flexibility index (Phi) is 3.48. The number of nitriles is 2. The predicted octanol–water partition coefficient (Wildman–Crippen LogP) is 6.17. The van der Waals surface area contributed by atoms with Gasteiger partial charge in [-0.15, -0.1) is 0 Å². The Labute approximate surface area is 178 Å². The number of hydrogen-bond acceptors (Lipinski definition) is 2. The fourth-order valence-electron chi connectivity index (χ4n) is 4.79. The van der Waals surface area contributed by atoms with Gasteiger partial charge in [-0.1, -0.05) is 30.3 Å². The van der Waals surface area contributed by atoms with Crippen LogP contribution in [0.4, 0.5) is 0 Å². The summed E-state index contributed by atoms with van der Waals surface area (Å²) in [6, 6.07) is 30.9. The smallest absolute Gasteiger partial charge is 0.101 e. The first-order valence-electron chi connectivity index (χ1n) is 10.1. The molecule has 2 heterocycles. The lowest BCUT2D eigenvalue weighted by Gasteiger charge is -2.09. The highest BCUT2D eigenvalue weighted by molar-refractivity contribution is 6.12. The predicted molar refractivity (Wildman–Crippen MR) is 124 cm³/mol. The molecule has 31 heavy (non-hydrogen) atoms. The maximum atomic E-state index is 9.83. The molecule has 0 radical (unpaired) electrons. The highest BCUT2D eigenvalue weighted by Crippen LogP contribution is 2.36. The second-order valence-corrected chi connectivity index (χ2v) is 7.77. The van der Waals surface area contributed by atoms with E-state index < -0.39 is 0 Å². The van der Waals surface area contributed by atoms with Crippen molar-refractivity contribution in [3.05, 3.63) is 90.0 Å². The number of aryl methyl sites for hydroxylation is 1. The summed E-state index contributed by atoms with van der Waals surface area (Å²) >= 11 is 0. The van der Waals surface area contributed by atoms with E-state index in [0.717, 1.165) is 33.0 Å². The van der Waals surface area contributed by atoms with Crippen molar-refractivity contribution >= 4 is 43.6 Å². The van der Waals surface area contributed by atoms with Crippen LogP contribution in [0.25, 0.3) is 49.3 Å². The lowest BCUT2D eigenvalue weighted by Crippen LogP contribution is -1.96. The minimum atomic E-state index is 0.610. The quantitative estimate of drug-likeness (QED) is 0.334. The second-order valence-electron chi connectivity index (χ2n) is 7.77. The van der Waals surface area contributed by atoms with Crippen molar-refractivity contribution in [1.82, 2.24) is 9.13 Å². The molecule has 0 atom stereocenters. The van der Waals surface area contributed by atoms with Crippen molar-refractivity contribution < 1.29 is 0 Å². The third-order valence-electron chi connectivity index (χ3n) is 6.19. The van der Waals surface area contributed by atoms with E-state index in [4.69, 9.17) is 0 Å². The third kappa shape index (κ3) is 2.28. The van der Waals surface area contributed by atoms with Crippen LogP contribution >= 0.6 is 0 Å². The van der Waals surface area contributed by atoms with Crippen molar-refractivity contribution in [2.45, 2.75) is 0 Å². The Balaban J connectivity index is 1.79. The monoisotopic (exact) mass is 396 g/mol. The van der Waals surface area contributed by atoms with Gasteiger partial charge in [0.1, 0.15) is 6.07 Å². The van der Waals surface area contributed by atoms with Gasteiger partial charge in [-0.3, -0.25) is 0 Å². The topological polar surface area (TPSA) is 57.4 Å².